The van der Waals surface area contributed by atoms with Crippen LogP contribution in [0.5, 0.6) is 0 Å². The van der Waals surface area contributed by atoms with Crippen LogP contribution in [0, 0.1) is 11.7 Å². The van der Waals surface area contributed by atoms with E-state index >= 15 is 0 Å². The molecule has 0 bridgehead atoms. The first kappa shape index (κ1) is 10.3. The number of imidazole rings is 1. The van der Waals surface area contributed by atoms with Crippen LogP contribution in [0.4, 0.5) is 0 Å². The molecule has 0 aliphatic heterocycles. The summed E-state index contributed by atoms with van der Waals surface area (Å²) in [7, 11) is 1.90. The first-order valence-electron chi connectivity index (χ1n) is 5.37. The lowest BCUT2D eigenvalue weighted by atomic mass is 10.2. The number of rotatable bonds is 1. The third-order valence-electron chi connectivity index (χ3n) is 2.86. The van der Waals surface area contributed by atoms with Gasteiger partial charge >= 0.3 is 0 Å². The highest BCUT2D eigenvalue weighted by Crippen LogP contribution is 2.20. The van der Waals surface area contributed by atoms with E-state index in [0.29, 0.717) is 4.77 Å². The van der Waals surface area contributed by atoms with Crippen molar-refractivity contribution >= 4 is 23.3 Å². The van der Waals surface area contributed by atoms with Gasteiger partial charge in [-0.2, -0.15) is 5.10 Å². The Bertz CT molecular complexity index is 747. The lowest BCUT2D eigenvalue weighted by molar-refractivity contribution is 0.752. The average molecular weight is 244 g/mol. The van der Waals surface area contributed by atoms with Crippen LogP contribution in [0.3, 0.4) is 0 Å². The summed E-state index contributed by atoms with van der Waals surface area (Å²) in [6.45, 7) is 2.07. The number of aryl methyl sites for hydroxylation is 2. The summed E-state index contributed by atoms with van der Waals surface area (Å²) < 4.78 is 4.40. The van der Waals surface area contributed by atoms with Gasteiger partial charge in [-0.05, 0) is 30.8 Å². The van der Waals surface area contributed by atoms with E-state index in [1.165, 1.54) is 5.56 Å². The summed E-state index contributed by atoms with van der Waals surface area (Å²) in [6.07, 6.45) is 1.91. The van der Waals surface area contributed by atoms with Crippen molar-refractivity contribution in [2.45, 2.75) is 6.92 Å². The molecule has 1 N–H and O–H groups in total. The minimum absolute atomic E-state index is 0.674. The molecule has 2 heterocycles. The monoisotopic (exact) mass is 244 g/mol. The zero-order valence-electron chi connectivity index (χ0n) is 9.64. The van der Waals surface area contributed by atoms with Crippen LogP contribution in [-0.2, 0) is 7.05 Å². The predicted molar refractivity (Wildman–Crippen MR) is 70.0 cm³/mol. The molecule has 2 aromatic heterocycles. The highest BCUT2D eigenvalue weighted by atomic mass is 32.1. The molecule has 4 nitrogen and oxygen atoms in total. The van der Waals surface area contributed by atoms with Crippen molar-refractivity contribution in [2.24, 2.45) is 7.05 Å². The van der Waals surface area contributed by atoms with Gasteiger partial charge in [0.1, 0.15) is 0 Å². The summed E-state index contributed by atoms with van der Waals surface area (Å²) >= 11 is 5.36. The highest BCUT2D eigenvalue weighted by molar-refractivity contribution is 7.71. The van der Waals surface area contributed by atoms with Crippen LogP contribution in [0.25, 0.3) is 16.9 Å². The number of aromatic amines is 1. The number of nitrogens with one attached hydrogen (secondary N) is 1. The topological polar surface area (TPSA) is 38.5 Å². The maximum absolute atomic E-state index is 5.36. The second-order valence-electron chi connectivity index (χ2n) is 4.08. The minimum Gasteiger partial charge on any atom is -0.330 e. The number of aromatic nitrogens is 4. The Labute approximate surface area is 104 Å². The molecule has 0 spiro atoms. The van der Waals surface area contributed by atoms with Crippen molar-refractivity contribution in [3.05, 3.63) is 40.8 Å². The van der Waals surface area contributed by atoms with Gasteiger partial charge in [0.2, 0.25) is 0 Å². The standard InChI is InChI=1S/C12H12N4S/c1-8-4-3-5-9-11(8)13-12(17)16(9)10-6-7-15(2)14-10/h3-7H,1-2H3,(H,13,17). The normalized spacial score (nSPS) is 11.2. The van der Waals surface area contributed by atoms with Crippen molar-refractivity contribution in [3.8, 4) is 5.82 Å². The quantitative estimate of drug-likeness (QED) is 0.668. The third kappa shape index (κ3) is 1.51. The molecule has 3 aromatic rings. The highest BCUT2D eigenvalue weighted by Gasteiger charge is 2.09. The fourth-order valence-corrected chi connectivity index (χ4v) is 2.32. The number of fused-ring (bicyclic) bond motifs is 1. The number of benzene rings is 1. The SMILES string of the molecule is Cc1cccc2c1[nH]c(=S)n2-c1ccn(C)n1. The van der Waals surface area contributed by atoms with Gasteiger partial charge in [0.15, 0.2) is 10.6 Å². The van der Waals surface area contributed by atoms with E-state index in [0.717, 1.165) is 16.9 Å². The van der Waals surface area contributed by atoms with Crippen LogP contribution < -0.4 is 0 Å². The summed E-state index contributed by atoms with van der Waals surface area (Å²) in [5.41, 5.74) is 3.32. The minimum atomic E-state index is 0.674. The van der Waals surface area contributed by atoms with E-state index < -0.39 is 0 Å². The van der Waals surface area contributed by atoms with Crippen LogP contribution in [0.2, 0.25) is 0 Å². The molecule has 0 aliphatic carbocycles. The van der Waals surface area contributed by atoms with Crippen molar-refractivity contribution in [3.63, 3.8) is 0 Å². The average Bonchev–Trinajstić information content (AvgIpc) is 2.82. The molecule has 0 saturated heterocycles. The number of nitrogens with zero attached hydrogens (tertiary/aromatic N) is 3. The maximum atomic E-state index is 5.36. The second kappa shape index (κ2) is 3.56. The fourth-order valence-electron chi connectivity index (χ4n) is 2.02. The molecule has 0 radical (unpaired) electrons. The molecule has 5 heteroatoms. The summed E-state index contributed by atoms with van der Waals surface area (Å²) in [6, 6.07) is 8.09. The lowest BCUT2D eigenvalue weighted by Crippen LogP contribution is -1.97. The van der Waals surface area contributed by atoms with Crippen LogP contribution in [0.15, 0.2) is 30.5 Å². The molecule has 0 saturated carbocycles. The van der Waals surface area contributed by atoms with Gasteiger partial charge in [-0.1, -0.05) is 12.1 Å². The van der Waals surface area contributed by atoms with Gasteiger partial charge in [-0.3, -0.25) is 9.25 Å². The summed E-state index contributed by atoms with van der Waals surface area (Å²) in [5.74, 6) is 0.842. The molecule has 86 valence electrons. The Kier molecular flexibility index (Phi) is 2.16. The molecule has 17 heavy (non-hydrogen) atoms. The molecular weight excluding hydrogens is 232 g/mol. The zero-order valence-corrected chi connectivity index (χ0v) is 10.5. The van der Waals surface area contributed by atoms with Crippen LogP contribution in [-0.4, -0.2) is 19.3 Å². The number of para-hydroxylation sites is 1. The molecule has 3 rings (SSSR count). The smallest absolute Gasteiger partial charge is 0.184 e. The molecule has 0 unspecified atom stereocenters. The van der Waals surface area contributed by atoms with Crippen molar-refractivity contribution in [1.82, 2.24) is 19.3 Å². The lowest BCUT2D eigenvalue weighted by Gasteiger charge is -2.00. The Hall–Kier alpha value is -1.88. The Morgan fingerprint density at radius 3 is 2.82 bits per heavy atom. The number of hydrogen-bond donors (Lipinski definition) is 1. The van der Waals surface area contributed by atoms with Gasteiger partial charge in [0.05, 0.1) is 11.0 Å². The van der Waals surface area contributed by atoms with Gasteiger partial charge in [0.25, 0.3) is 0 Å². The van der Waals surface area contributed by atoms with E-state index in [1.807, 2.05) is 36.0 Å². The molecule has 0 amide bonds. The third-order valence-corrected chi connectivity index (χ3v) is 3.14. The summed E-state index contributed by atoms with van der Waals surface area (Å²) in [4.78, 5) is 3.23. The van der Waals surface area contributed by atoms with E-state index in [-0.39, 0.29) is 0 Å². The Morgan fingerprint density at radius 2 is 2.12 bits per heavy atom. The van der Waals surface area contributed by atoms with E-state index in [2.05, 4.69) is 23.1 Å². The Balaban J connectivity index is 2.40. The van der Waals surface area contributed by atoms with Crippen LogP contribution in [0.1, 0.15) is 5.56 Å². The fraction of sp³-hybridized carbons (Fsp3) is 0.167. The van der Waals surface area contributed by atoms with Crippen molar-refractivity contribution < 1.29 is 0 Å². The molecule has 1 aromatic carbocycles. The zero-order chi connectivity index (χ0) is 12.0. The largest absolute Gasteiger partial charge is 0.330 e. The number of H-pyrrole nitrogens is 1. The van der Waals surface area contributed by atoms with Gasteiger partial charge in [0, 0.05) is 19.3 Å². The van der Waals surface area contributed by atoms with E-state index in [4.69, 9.17) is 12.2 Å². The molecule has 0 atom stereocenters. The van der Waals surface area contributed by atoms with E-state index in [9.17, 15) is 0 Å². The van der Waals surface area contributed by atoms with E-state index in [1.54, 1.807) is 4.68 Å². The molecule has 0 aliphatic rings. The summed E-state index contributed by atoms with van der Waals surface area (Å²) in [5, 5.41) is 4.39. The first-order chi connectivity index (χ1) is 8.16. The maximum Gasteiger partial charge on any atom is 0.184 e. The van der Waals surface area contributed by atoms with Gasteiger partial charge < -0.3 is 4.98 Å². The van der Waals surface area contributed by atoms with Crippen LogP contribution >= 0.6 is 12.2 Å². The number of hydrogen-bond acceptors (Lipinski definition) is 2. The van der Waals surface area contributed by atoms with Crippen molar-refractivity contribution in [1.29, 1.82) is 0 Å². The van der Waals surface area contributed by atoms with Gasteiger partial charge in [-0.15, -0.1) is 0 Å². The second-order valence-corrected chi connectivity index (χ2v) is 4.47. The predicted octanol–water partition coefficient (Wildman–Crippen LogP) is 2.73. The van der Waals surface area contributed by atoms with Crippen molar-refractivity contribution in [2.75, 3.05) is 0 Å². The first-order valence-corrected chi connectivity index (χ1v) is 5.78. The Morgan fingerprint density at radius 1 is 1.29 bits per heavy atom. The van der Waals surface area contributed by atoms with Gasteiger partial charge in [-0.25, -0.2) is 0 Å². The molecule has 0 fully saturated rings. The molecular formula is C12H12N4S.